The number of benzene rings is 1. The summed E-state index contributed by atoms with van der Waals surface area (Å²) in [6.07, 6.45) is 4.70. The Morgan fingerprint density at radius 2 is 2.15 bits per heavy atom. The van der Waals surface area contributed by atoms with Crippen LogP contribution in [0.4, 0.5) is 4.39 Å². The van der Waals surface area contributed by atoms with E-state index in [-0.39, 0.29) is 0 Å². The molecule has 20 heavy (non-hydrogen) atoms. The maximum Gasteiger partial charge on any atom is 0.127 e. The monoisotopic (exact) mass is 312 g/mol. The molecule has 2 nitrogen and oxygen atoms in total. The van der Waals surface area contributed by atoms with E-state index in [4.69, 9.17) is 0 Å². The lowest BCUT2D eigenvalue weighted by Gasteiger charge is -2.17. The molecule has 0 spiro atoms. The molecular weight excluding hydrogens is 289 g/mol. The summed E-state index contributed by atoms with van der Waals surface area (Å²) in [4.78, 5) is 0. The van der Waals surface area contributed by atoms with Gasteiger partial charge in [-0.2, -0.15) is 5.10 Å². The van der Waals surface area contributed by atoms with Crippen molar-refractivity contribution >= 4 is 29.4 Å². The molecule has 2 aromatic rings. The smallest absolute Gasteiger partial charge is 0.127 e. The minimum Gasteiger partial charge on any atom is -0.265 e. The maximum atomic E-state index is 13.9. The van der Waals surface area contributed by atoms with E-state index in [9.17, 15) is 4.39 Å². The summed E-state index contributed by atoms with van der Waals surface area (Å²) in [5.74, 6) is 0. The van der Waals surface area contributed by atoms with Crippen LogP contribution < -0.4 is 0 Å². The van der Waals surface area contributed by atoms with Crippen LogP contribution >= 0.6 is 18.5 Å². The van der Waals surface area contributed by atoms with Crippen LogP contribution in [0.3, 0.4) is 0 Å². The summed E-state index contributed by atoms with van der Waals surface area (Å²) in [5.41, 5.74) is 3.79. The van der Waals surface area contributed by atoms with Crippen molar-refractivity contribution in [3.05, 3.63) is 29.5 Å². The van der Waals surface area contributed by atoms with Gasteiger partial charge in [0, 0.05) is 11.9 Å². The van der Waals surface area contributed by atoms with Crippen LogP contribution in [0.2, 0.25) is 0 Å². The Morgan fingerprint density at radius 3 is 2.80 bits per heavy atom. The number of rotatable bonds is 6. The number of aromatic nitrogens is 2. The van der Waals surface area contributed by atoms with Gasteiger partial charge in [0.15, 0.2) is 0 Å². The lowest BCUT2D eigenvalue weighted by molar-refractivity contribution is 0.289. The lowest BCUT2D eigenvalue weighted by Crippen LogP contribution is -2.16. The highest BCUT2D eigenvalue weighted by Crippen LogP contribution is 2.29. The van der Waals surface area contributed by atoms with Crippen molar-refractivity contribution in [1.29, 1.82) is 0 Å². The number of nitrogens with zero attached hydrogens (tertiary/aromatic N) is 2. The van der Waals surface area contributed by atoms with E-state index in [2.05, 4.69) is 49.6 Å². The second kappa shape index (κ2) is 6.50. The predicted octanol–water partition coefficient (Wildman–Crippen LogP) is 4.10. The van der Waals surface area contributed by atoms with Gasteiger partial charge in [0.25, 0.3) is 0 Å². The summed E-state index contributed by atoms with van der Waals surface area (Å²) < 4.78 is 15.9. The molecule has 1 aromatic heterocycles. The van der Waals surface area contributed by atoms with E-state index in [1.807, 2.05) is 10.9 Å². The van der Waals surface area contributed by atoms with Gasteiger partial charge in [-0.1, -0.05) is 27.8 Å². The van der Waals surface area contributed by atoms with Crippen LogP contribution in [0, 0.1) is 6.92 Å². The van der Waals surface area contributed by atoms with E-state index in [0.29, 0.717) is 12.6 Å². The SMILES string of the molecule is CCc1cc(C)cc2cnn(CCCC(F)(P)CP)c12. The maximum absolute atomic E-state index is 13.9. The highest BCUT2D eigenvalue weighted by Gasteiger charge is 2.20. The van der Waals surface area contributed by atoms with Crippen molar-refractivity contribution in [3.63, 3.8) is 0 Å². The lowest BCUT2D eigenvalue weighted by atomic mass is 10.1. The highest BCUT2D eigenvalue weighted by atomic mass is 31.0. The number of hydrogen-bond acceptors (Lipinski definition) is 1. The first-order valence-electron chi connectivity index (χ1n) is 7.10. The van der Waals surface area contributed by atoms with Gasteiger partial charge in [-0.15, -0.1) is 9.24 Å². The van der Waals surface area contributed by atoms with E-state index in [1.54, 1.807) is 0 Å². The first-order valence-corrected chi connectivity index (χ1v) is 8.49. The Hall–Kier alpha value is -0.520. The standard InChI is InChI=1S/C15H23FN2P2/c1-3-12-7-11(2)8-13-9-17-18(14(12)13)6-4-5-15(16,20)10-19/h7-9H,3-6,10,19-20H2,1-2H3. The van der Waals surface area contributed by atoms with Gasteiger partial charge in [0.1, 0.15) is 5.41 Å². The summed E-state index contributed by atoms with van der Waals surface area (Å²) >= 11 is 0. The number of fused-ring (bicyclic) bond motifs is 1. The van der Waals surface area contributed by atoms with Crippen LogP contribution in [0.15, 0.2) is 18.3 Å². The summed E-state index contributed by atoms with van der Waals surface area (Å²) in [7, 11) is 4.78. The minimum absolute atomic E-state index is 0.455. The molecule has 0 amide bonds. The Labute approximate surface area is 124 Å². The van der Waals surface area contributed by atoms with Crippen LogP contribution in [0.1, 0.15) is 30.9 Å². The normalized spacial score (nSPS) is 14.7. The molecule has 0 aliphatic carbocycles. The van der Waals surface area contributed by atoms with Gasteiger partial charge in [-0.05, 0) is 44.0 Å². The Balaban J connectivity index is 2.19. The molecule has 0 radical (unpaired) electrons. The Morgan fingerprint density at radius 1 is 1.40 bits per heavy atom. The quantitative estimate of drug-likeness (QED) is 0.734. The summed E-state index contributed by atoms with van der Waals surface area (Å²) in [5, 5.41) is 4.49. The summed E-state index contributed by atoms with van der Waals surface area (Å²) in [6.45, 7) is 5.04. The predicted molar refractivity (Wildman–Crippen MR) is 91.2 cm³/mol. The number of aryl methyl sites for hydroxylation is 3. The second-order valence-electron chi connectivity index (χ2n) is 5.43. The fraction of sp³-hybridized carbons (Fsp3) is 0.533. The van der Waals surface area contributed by atoms with Crippen molar-refractivity contribution in [2.24, 2.45) is 0 Å². The third-order valence-corrected chi connectivity index (χ3v) is 5.31. The Bertz CT molecular complexity index is 593. The zero-order valence-electron chi connectivity index (χ0n) is 12.2. The molecule has 1 heterocycles. The molecule has 3 atom stereocenters. The first kappa shape index (κ1) is 15.9. The molecular formula is C15H23FN2P2. The molecule has 110 valence electrons. The van der Waals surface area contributed by atoms with Gasteiger partial charge >= 0.3 is 0 Å². The first-order chi connectivity index (χ1) is 9.46. The third kappa shape index (κ3) is 3.57. The molecule has 0 saturated carbocycles. The van der Waals surface area contributed by atoms with Gasteiger partial charge < -0.3 is 0 Å². The molecule has 3 unspecified atom stereocenters. The molecule has 0 aliphatic rings. The van der Waals surface area contributed by atoms with Gasteiger partial charge in [0.2, 0.25) is 0 Å². The van der Waals surface area contributed by atoms with Crippen molar-refractivity contribution in [2.75, 3.05) is 6.16 Å². The van der Waals surface area contributed by atoms with Crippen molar-refractivity contribution in [2.45, 2.75) is 45.1 Å². The number of halogens is 1. The third-order valence-electron chi connectivity index (χ3n) is 3.64. The van der Waals surface area contributed by atoms with E-state index < -0.39 is 5.41 Å². The van der Waals surface area contributed by atoms with Crippen molar-refractivity contribution in [3.8, 4) is 0 Å². The van der Waals surface area contributed by atoms with Crippen LogP contribution in [0.25, 0.3) is 10.9 Å². The molecule has 5 heteroatoms. The average molecular weight is 312 g/mol. The number of hydrogen-bond donors (Lipinski definition) is 0. The fourth-order valence-corrected chi connectivity index (χ4v) is 2.96. The zero-order valence-corrected chi connectivity index (χ0v) is 14.5. The van der Waals surface area contributed by atoms with Gasteiger partial charge in [-0.25, -0.2) is 4.39 Å². The molecule has 0 bridgehead atoms. The van der Waals surface area contributed by atoms with E-state index in [1.165, 1.54) is 22.0 Å². The fourth-order valence-electron chi connectivity index (χ4n) is 2.55. The molecule has 1 aromatic carbocycles. The number of alkyl halides is 1. The van der Waals surface area contributed by atoms with Crippen LogP contribution in [-0.2, 0) is 13.0 Å². The molecule has 0 N–H and O–H groups in total. The molecule has 0 aliphatic heterocycles. The van der Waals surface area contributed by atoms with Crippen molar-refractivity contribution < 1.29 is 4.39 Å². The Kier molecular flexibility index (Phi) is 5.15. The molecule has 2 rings (SSSR count). The van der Waals surface area contributed by atoms with E-state index >= 15 is 0 Å². The zero-order chi connectivity index (χ0) is 14.8. The minimum atomic E-state index is -1.17. The average Bonchev–Trinajstić information content (AvgIpc) is 2.80. The summed E-state index contributed by atoms with van der Waals surface area (Å²) in [6, 6.07) is 4.38. The van der Waals surface area contributed by atoms with Crippen molar-refractivity contribution in [1.82, 2.24) is 9.78 Å². The van der Waals surface area contributed by atoms with Gasteiger partial charge in [-0.3, -0.25) is 4.68 Å². The van der Waals surface area contributed by atoms with Gasteiger partial charge in [0.05, 0.1) is 11.7 Å². The largest absolute Gasteiger partial charge is 0.265 e. The van der Waals surface area contributed by atoms with Crippen LogP contribution in [0.5, 0.6) is 0 Å². The molecule has 0 fully saturated rings. The van der Waals surface area contributed by atoms with Crippen LogP contribution in [-0.4, -0.2) is 21.4 Å². The topological polar surface area (TPSA) is 17.8 Å². The second-order valence-corrected chi connectivity index (χ2v) is 6.87. The molecule has 0 saturated heterocycles. The van der Waals surface area contributed by atoms with E-state index in [0.717, 1.165) is 19.4 Å². The highest BCUT2D eigenvalue weighted by molar-refractivity contribution is 7.23.